The number of benzene rings is 2. The molecular weight excluding hydrogens is 264 g/mol. The number of carbonyl (C=O) groups excluding carboxylic acids is 1. The summed E-state index contributed by atoms with van der Waals surface area (Å²) in [7, 11) is 1.33. The Labute approximate surface area is 116 Å². The van der Waals surface area contributed by atoms with Crippen molar-refractivity contribution in [2.75, 3.05) is 13.7 Å². The van der Waals surface area contributed by atoms with Crippen molar-refractivity contribution < 1.29 is 14.3 Å². The highest BCUT2D eigenvalue weighted by Gasteiger charge is 2.09. The first kappa shape index (κ1) is 13.4. The lowest BCUT2D eigenvalue weighted by molar-refractivity contribution is -0.142. The molecule has 0 saturated carbocycles. The quantitative estimate of drug-likeness (QED) is 0.801. The van der Waals surface area contributed by atoms with Crippen LogP contribution in [-0.4, -0.2) is 19.7 Å². The van der Waals surface area contributed by atoms with Gasteiger partial charge in [-0.3, -0.25) is 0 Å². The van der Waals surface area contributed by atoms with Gasteiger partial charge in [-0.1, -0.05) is 41.9 Å². The smallest absolute Gasteiger partial charge is 0.343 e. The number of methoxy groups -OCH3 is 1. The Kier molecular flexibility index (Phi) is 4.42. The van der Waals surface area contributed by atoms with Gasteiger partial charge >= 0.3 is 5.97 Å². The lowest BCUT2D eigenvalue weighted by atomic mass is 10.0. The summed E-state index contributed by atoms with van der Waals surface area (Å²) in [6.07, 6.45) is 0. The molecule has 0 spiro atoms. The summed E-state index contributed by atoms with van der Waals surface area (Å²) in [5.74, 6) is 0.176. The van der Waals surface area contributed by atoms with Crippen molar-refractivity contribution in [2.45, 2.75) is 0 Å². The number of carbonyl (C=O) groups is 1. The van der Waals surface area contributed by atoms with Gasteiger partial charge in [-0.15, -0.1) is 0 Å². The Hall–Kier alpha value is -2.00. The first-order chi connectivity index (χ1) is 9.20. The Morgan fingerprint density at radius 1 is 1.16 bits per heavy atom. The van der Waals surface area contributed by atoms with Crippen LogP contribution in [0.1, 0.15) is 0 Å². The van der Waals surface area contributed by atoms with Crippen molar-refractivity contribution in [3.05, 3.63) is 53.6 Å². The monoisotopic (exact) mass is 276 g/mol. The zero-order chi connectivity index (χ0) is 13.7. The molecule has 0 aliphatic rings. The highest BCUT2D eigenvalue weighted by Crippen LogP contribution is 2.32. The molecule has 0 aliphatic carbocycles. The van der Waals surface area contributed by atoms with Crippen LogP contribution in [0.3, 0.4) is 0 Å². The van der Waals surface area contributed by atoms with Gasteiger partial charge in [0.1, 0.15) is 5.75 Å². The number of hydrogen-bond donors (Lipinski definition) is 0. The van der Waals surface area contributed by atoms with Crippen LogP contribution in [-0.2, 0) is 9.53 Å². The van der Waals surface area contributed by atoms with E-state index in [4.69, 9.17) is 16.3 Å². The van der Waals surface area contributed by atoms with Crippen LogP contribution in [0, 0.1) is 0 Å². The molecule has 19 heavy (non-hydrogen) atoms. The van der Waals surface area contributed by atoms with Gasteiger partial charge in [0.2, 0.25) is 0 Å². The normalized spacial score (nSPS) is 10.0. The van der Waals surface area contributed by atoms with Gasteiger partial charge in [-0.05, 0) is 23.8 Å². The summed E-state index contributed by atoms with van der Waals surface area (Å²) in [5.41, 5.74) is 1.82. The molecule has 0 aliphatic heterocycles. The molecule has 0 atom stereocenters. The van der Waals surface area contributed by atoms with Crippen molar-refractivity contribution in [1.82, 2.24) is 0 Å². The van der Waals surface area contributed by atoms with Gasteiger partial charge in [0.25, 0.3) is 0 Å². The Morgan fingerprint density at radius 3 is 2.58 bits per heavy atom. The molecule has 0 amide bonds. The maximum atomic E-state index is 11.1. The Morgan fingerprint density at radius 2 is 1.89 bits per heavy atom. The van der Waals surface area contributed by atoms with Crippen LogP contribution < -0.4 is 4.74 Å². The van der Waals surface area contributed by atoms with Crippen molar-refractivity contribution >= 4 is 17.6 Å². The summed E-state index contributed by atoms with van der Waals surface area (Å²) in [5, 5.41) is 0.615. The first-order valence-electron chi connectivity index (χ1n) is 5.75. The lowest BCUT2D eigenvalue weighted by Crippen LogP contribution is -2.12. The maximum absolute atomic E-state index is 11.1. The molecule has 98 valence electrons. The summed E-state index contributed by atoms with van der Waals surface area (Å²) in [6, 6.07) is 15.0. The number of halogens is 1. The second kappa shape index (κ2) is 6.25. The van der Waals surface area contributed by atoms with E-state index >= 15 is 0 Å². The summed E-state index contributed by atoms with van der Waals surface area (Å²) < 4.78 is 10.0. The molecule has 2 aromatic carbocycles. The summed E-state index contributed by atoms with van der Waals surface area (Å²) in [6.45, 7) is -0.127. The second-order valence-corrected chi connectivity index (χ2v) is 4.31. The topological polar surface area (TPSA) is 35.5 Å². The molecule has 0 heterocycles. The van der Waals surface area contributed by atoms with E-state index in [0.717, 1.165) is 11.1 Å². The number of ether oxygens (including phenoxy) is 2. The molecular formula is C15H13ClO3. The average Bonchev–Trinajstić information content (AvgIpc) is 2.46. The molecule has 0 unspecified atom stereocenters. The van der Waals surface area contributed by atoms with Gasteiger partial charge in [0.05, 0.1) is 7.11 Å². The van der Waals surface area contributed by atoms with Crippen molar-refractivity contribution in [3.8, 4) is 16.9 Å². The number of hydrogen-bond acceptors (Lipinski definition) is 3. The fourth-order valence-corrected chi connectivity index (χ4v) is 1.84. The van der Waals surface area contributed by atoms with Crippen LogP contribution in [0.15, 0.2) is 48.5 Å². The van der Waals surface area contributed by atoms with Gasteiger partial charge in [-0.25, -0.2) is 4.79 Å². The molecule has 3 nitrogen and oxygen atoms in total. The van der Waals surface area contributed by atoms with Gasteiger partial charge in [0, 0.05) is 10.6 Å². The number of esters is 1. The van der Waals surface area contributed by atoms with Crippen LogP contribution in [0.25, 0.3) is 11.1 Å². The largest absolute Gasteiger partial charge is 0.481 e. The molecule has 4 heteroatoms. The molecule has 0 radical (unpaired) electrons. The first-order valence-corrected chi connectivity index (χ1v) is 6.13. The fraction of sp³-hybridized carbons (Fsp3) is 0.133. The van der Waals surface area contributed by atoms with Gasteiger partial charge in [0.15, 0.2) is 6.61 Å². The molecule has 0 bridgehead atoms. The van der Waals surface area contributed by atoms with Crippen molar-refractivity contribution in [1.29, 1.82) is 0 Å². The third-order valence-corrected chi connectivity index (χ3v) is 2.83. The van der Waals surface area contributed by atoms with E-state index < -0.39 is 5.97 Å². The van der Waals surface area contributed by atoms with Crippen molar-refractivity contribution in [3.63, 3.8) is 0 Å². The van der Waals surface area contributed by atoms with E-state index in [0.29, 0.717) is 10.8 Å². The van der Waals surface area contributed by atoms with Crippen LogP contribution in [0.5, 0.6) is 5.75 Å². The molecule has 0 saturated heterocycles. The van der Waals surface area contributed by atoms with E-state index in [-0.39, 0.29) is 6.61 Å². The lowest BCUT2D eigenvalue weighted by Gasteiger charge is -2.11. The third kappa shape index (κ3) is 3.48. The minimum absolute atomic E-state index is 0.127. The fourth-order valence-electron chi connectivity index (χ4n) is 1.67. The van der Waals surface area contributed by atoms with E-state index in [2.05, 4.69) is 4.74 Å². The van der Waals surface area contributed by atoms with Gasteiger partial charge in [-0.2, -0.15) is 0 Å². The van der Waals surface area contributed by atoms with Crippen LogP contribution in [0.4, 0.5) is 0 Å². The number of rotatable bonds is 4. The van der Waals surface area contributed by atoms with E-state index in [1.165, 1.54) is 7.11 Å². The van der Waals surface area contributed by atoms with E-state index in [9.17, 15) is 4.79 Å². The van der Waals surface area contributed by atoms with Crippen LogP contribution >= 0.6 is 11.6 Å². The maximum Gasteiger partial charge on any atom is 0.343 e. The zero-order valence-electron chi connectivity index (χ0n) is 10.4. The predicted octanol–water partition coefficient (Wildman–Crippen LogP) is 3.56. The summed E-state index contributed by atoms with van der Waals surface area (Å²) >= 11 is 6.01. The standard InChI is InChI=1S/C15H13ClO3/c1-18-15(17)10-19-14-8-7-12(16)9-13(14)11-5-3-2-4-6-11/h2-9H,10H2,1H3. The molecule has 0 fully saturated rings. The molecule has 0 aromatic heterocycles. The summed E-state index contributed by atoms with van der Waals surface area (Å²) in [4.78, 5) is 11.1. The van der Waals surface area contributed by atoms with Crippen LogP contribution in [0.2, 0.25) is 5.02 Å². The Bertz CT molecular complexity index is 567. The van der Waals surface area contributed by atoms with Gasteiger partial charge < -0.3 is 9.47 Å². The minimum atomic E-state index is -0.422. The zero-order valence-corrected chi connectivity index (χ0v) is 11.2. The Balaban J connectivity index is 2.31. The minimum Gasteiger partial charge on any atom is -0.481 e. The highest BCUT2D eigenvalue weighted by molar-refractivity contribution is 6.31. The van der Waals surface area contributed by atoms with E-state index in [1.807, 2.05) is 36.4 Å². The molecule has 2 aromatic rings. The van der Waals surface area contributed by atoms with E-state index in [1.54, 1.807) is 12.1 Å². The average molecular weight is 277 g/mol. The predicted molar refractivity (Wildman–Crippen MR) is 74.4 cm³/mol. The second-order valence-electron chi connectivity index (χ2n) is 3.87. The third-order valence-electron chi connectivity index (χ3n) is 2.60. The molecule has 2 rings (SSSR count). The van der Waals surface area contributed by atoms with Crippen molar-refractivity contribution in [2.24, 2.45) is 0 Å². The SMILES string of the molecule is COC(=O)COc1ccc(Cl)cc1-c1ccccc1. The molecule has 0 N–H and O–H groups in total. The highest BCUT2D eigenvalue weighted by atomic mass is 35.5.